The SMILES string of the molecule is COc1ccc(OCC(=O)NCCn2ncccc2=O)cc1. The Balaban J connectivity index is 1.71. The maximum atomic E-state index is 11.6. The van der Waals surface area contributed by atoms with Crippen molar-refractivity contribution in [2.24, 2.45) is 0 Å². The van der Waals surface area contributed by atoms with E-state index < -0.39 is 0 Å². The molecule has 0 aliphatic heterocycles. The van der Waals surface area contributed by atoms with Gasteiger partial charge in [-0.05, 0) is 30.3 Å². The summed E-state index contributed by atoms with van der Waals surface area (Å²) in [4.78, 5) is 23.1. The van der Waals surface area contributed by atoms with Gasteiger partial charge >= 0.3 is 0 Å². The van der Waals surface area contributed by atoms with Crippen LogP contribution in [0.2, 0.25) is 0 Å². The Labute approximate surface area is 127 Å². The molecule has 2 rings (SSSR count). The number of nitrogens with one attached hydrogen (secondary N) is 1. The van der Waals surface area contributed by atoms with Gasteiger partial charge in [-0.15, -0.1) is 0 Å². The van der Waals surface area contributed by atoms with Crippen molar-refractivity contribution in [2.75, 3.05) is 20.3 Å². The highest BCUT2D eigenvalue weighted by Crippen LogP contribution is 2.16. The third-order valence-corrected chi connectivity index (χ3v) is 2.86. The molecule has 1 aromatic heterocycles. The summed E-state index contributed by atoms with van der Waals surface area (Å²) in [7, 11) is 1.58. The molecule has 0 atom stereocenters. The van der Waals surface area contributed by atoms with Crippen LogP contribution in [0.5, 0.6) is 11.5 Å². The number of hydrogen-bond donors (Lipinski definition) is 1. The fourth-order valence-electron chi connectivity index (χ4n) is 1.73. The second-order valence-corrected chi connectivity index (χ2v) is 4.40. The Kier molecular flexibility index (Phi) is 5.53. The molecule has 0 unspecified atom stereocenters. The van der Waals surface area contributed by atoms with Crippen LogP contribution in [0.15, 0.2) is 47.4 Å². The van der Waals surface area contributed by atoms with E-state index in [1.807, 2.05) is 0 Å². The molecular weight excluding hydrogens is 286 g/mol. The van der Waals surface area contributed by atoms with Crippen LogP contribution in [0.3, 0.4) is 0 Å². The van der Waals surface area contributed by atoms with E-state index in [0.29, 0.717) is 18.8 Å². The maximum absolute atomic E-state index is 11.6. The van der Waals surface area contributed by atoms with E-state index in [1.54, 1.807) is 37.4 Å². The molecule has 0 spiro atoms. The number of nitrogens with zero attached hydrogens (tertiary/aromatic N) is 2. The van der Waals surface area contributed by atoms with Gasteiger partial charge < -0.3 is 14.8 Å². The number of carbonyl (C=O) groups excluding carboxylic acids is 1. The van der Waals surface area contributed by atoms with Gasteiger partial charge in [-0.2, -0.15) is 5.10 Å². The van der Waals surface area contributed by atoms with Crippen LogP contribution in [0.4, 0.5) is 0 Å². The number of amides is 1. The van der Waals surface area contributed by atoms with E-state index >= 15 is 0 Å². The minimum absolute atomic E-state index is 0.0938. The molecule has 0 bridgehead atoms. The predicted molar refractivity (Wildman–Crippen MR) is 80.0 cm³/mol. The van der Waals surface area contributed by atoms with Gasteiger partial charge in [0.05, 0.1) is 13.7 Å². The molecule has 0 fully saturated rings. The molecule has 116 valence electrons. The minimum Gasteiger partial charge on any atom is -0.497 e. The van der Waals surface area contributed by atoms with E-state index in [-0.39, 0.29) is 18.1 Å². The normalized spacial score (nSPS) is 10.0. The maximum Gasteiger partial charge on any atom is 0.266 e. The van der Waals surface area contributed by atoms with Gasteiger partial charge in [0.15, 0.2) is 6.61 Å². The first-order valence-electron chi connectivity index (χ1n) is 6.75. The van der Waals surface area contributed by atoms with Gasteiger partial charge in [-0.1, -0.05) is 0 Å². The molecule has 0 saturated heterocycles. The van der Waals surface area contributed by atoms with Crippen molar-refractivity contribution in [1.29, 1.82) is 0 Å². The van der Waals surface area contributed by atoms with E-state index in [2.05, 4.69) is 10.4 Å². The topological polar surface area (TPSA) is 82.4 Å². The first kappa shape index (κ1) is 15.6. The van der Waals surface area contributed by atoms with E-state index in [1.165, 1.54) is 16.9 Å². The zero-order valence-electron chi connectivity index (χ0n) is 12.2. The standard InChI is InChI=1S/C15H17N3O4/c1-21-12-4-6-13(7-5-12)22-11-14(19)16-9-10-18-15(20)3-2-8-17-18/h2-8H,9-11H2,1H3,(H,16,19). The van der Waals surface area contributed by atoms with E-state index in [4.69, 9.17) is 9.47 Å². The smallest absolute Gasteiger partial charge is 0.266 e. The highest BCUT2D eigenvalue weighted by molar-refractivity contribution is 5.77. The lowest BCUT2D eigenvalue weighted by atomic mass is 10.3. The molecule has 7 nitrogen and oxygen atoms in total. The number of benzene rings is 1. The van der Waals surface area contributed by atoms with Crippen molar-refractivity contribution in [3.8, 4) is 11.5 Å². The van der Waals surface area contributed by atoms with Gasteiger partial charge in [-0.3, -0.25) is 9.59 Å². The van der Waals surface area contributed by atoms with E-state index in [9.17, 15) is 9.59 Å². The lowest BCUT2D eigenvalue weighted by molar-refractivity contribution is -0.123. The van der Waals surface area contributed by atoms with Crippen molar-refractivity contribution in [3.63, 3.8) is 0 Å². The Bertz CT molecular complexity index is 667. The lowest BCUT2D eigenvalue weighted by Crippen LogP contribution is -2.34. The summed E-state index contributed by atoms with van der Waals surface area (Å²) in [6.07, 6.45) is 1.52. The first-order valence-corrected chi connectivity index (χ1v) is 6.75. The van der Waals surface area contributed by atoms with Crippen LogP contribution < -0.4 is 20.3 Å². The molecule has 1 aromatic carbocycles. The zero-order valence-corrected chi connectivity index (χ0v) is 12.2. The average Bonchev–Trinajstić information content (AvgIpc) is 2.55. The molecule has 2 aromatic rings. The van der Waals surface area contributed by atoms with Crippen LogP contribution in [0.1, 0.15) is 0 Å². The van der Waals surface area contributed by atoms with Crippen LogP contribution >= 0.6 is 0 Å². The molecule has 1 heterocycles. The summed E-state index contributed by atoms with van der Waals surface area (Å²) in [5.74, 6) is 1.04. The largest absolute Gasteiger partial charge is 0.497 e. The third-order valence-electron chi connectivity index (χ3n) is 2.86. The van der Waals surface area contributed by atoms with Crippen LogP contribution in [0.25, 0.3) is 0 Å². The quantitative estimate of drug-likeness (QED) is 0.803. The minimum atomic E-state index is -0.264. The van der Waals surface area contributed by atoms with Crippen molar-refractivity contribution in [1.82, 2.24) is 15.1 Å². The van der Waals surface area contributed by atoms with Crippen molar-refractivity contribution in [3.05, 3.63) is 52.9 Å². The Hall–Kier alpha value is -2.83. The third kappa shape index (κ3) is 4.62. The molecule has 1 N–H and O–H groups in total. The summed E-state index contributed by atoms with van der Waals surface area (Å²) >= 11 is 0. The monoisotopic (exact) mass is 303 g/mol. The lowest BCUT2D eigenvalue weighted by Gasteiger charge is -2.08. The second-order valence-electron chi connectivity index (χ2n) is 4.40. The van der Waals surface area contributed by atoms with Gasteiger partial charge in [0.25, 0.3) is 11.5 Å². The predicted octanol–water partition coefficient (Wildman–Crippen LogP) is 0.447. The fourth-order valence-corrected chi connectivity index (χ4v) is 1.73. The van der Waals surface area contributed by atoms with Gasteiger partial charge in [-0.25, -0.2) is 4.68 Å². The first-order chi connectivity index (χ1) is 10.7. The Morgan fingerprint density at radius 2 is 1.95 bits per heavy atom. The fraction of sp³-hybridized carbons (Fsp3) is 0.267. The molecule has 22 heavy (non-hydrogen) atoms. The summed E-state index contributed by atoms with van der Waals surface area (Å²) < 4.78 is 11.7. The average molecular weight is 303 g/mol. The van der Waals surface area contributed by atoms with Crippen LogP contribution in [-0.2, 0) is 11.3 Å². The van der Waals surface area contributed by atoms with Crippen LogP contribution in [0, 0.1) is 0 Å². The molecule has 0 radical (unpaired) electrons. The number of methoxy groups -OCH3 is 1. The Morgan fingerprint density at radius 1 is 1.23 bits per heavy atom. The summed E-state index contributed by atoms with van der Waals surface area (Å²) in [6.45, 7) is 0.527. The van der Waals surface area contributed by atoms with Gasteiger partial charge in [0.2, 0.25) is 0 Å². The van der Waals surface area contributed by atoms with E-state index in [0.717, 1.165) is 5.75 Å². The molecular formula is C15H17N3O4. The van der Waals surface area contributed by atoms with Crippen molar-refractivity contribution >= 4 is 5.91 Å². The van der Waals surface area contributed by atoms with Crippen molar-refractivity contribution < 1.29 is 14.3 Å². The summed E-state index contributed by atoms with van der Waals surface area (Å²) in [5, 5.41) is 6.56. The highest BCUT2D eigenvalue weighted by Gasteiger charge is 2.03. The number of rotatable bonds is 7. The Morgan fingerprint density at radius 3 is 2.64 bits per heavy atom. The number of aromatic nitrogens is 2. The van der Waals surface area contributed by atoms with Gasteiger partial charge in [0, 0.05) is 18.8 Å². The molecule has 0 aliphatic rings. The second kappa shape index (κ2) is 7.82. The zero-order chi connectivity index (χ0) is 15.8. The summed E-state index contributed by atoms with van der Waals surface area (Å²) in [6, 6.07) is 9.93. The van der Waals surface area contributed by atoms with Crippen LogP contribution in [-0.4, -0.2) is 35.9 Å². The number of hydrogen-bond acceptors (Lipinski definition) is 5. The molecule has 1 amide bonds. The highest BCUT2D eigenvalue weighted by atomic mass is 16.5. The van der Waals surface area contributed by atoms with Crippen molar-refractivity contribution in [2.45, 2.75) is 6.54 Å². The molecule has 7 heteroatoms. The summed E-state index contributed by atoms with van der Waals surface area (Å²) in [5.41, 5.74) is -0.203. The molecule has 0 aliphatic carbocycles. The van der Waals surface area contributed by atoms with Gasteiger partial charge in [0.1, 0.15) is 11.5 Å². The number of carbonyl (C=O) groups is 1. The molecule has 0 saturated carbocycles. The number of ether oxygens (including phenoxy) is 2.